The molecule has 0 saturated carbocycles. The van der Waals surface area contributed by atoms with Crippen LogP contribution < -0.4 is 0 Å². The third kappa shape index (κ3) is 5.85. The summed E-state index contributed by atoms with van der Waals surface area (Å²) in [4.78, 5) is 2.55. The lowest BCUT2D eigenvalue weighted by molar-refractivity contribution is 0.0957. The average Bonchev–Trinajstić information content (AvgIpc) is 3.00. The van der Waals surface area contributed by atoms with E-state index in [4.69, 9.17) is 9.47 Å². The lowest BCUT2D eigenvalue weighted by atomic mass is 10.2. The first kappa shape index (κ1) is 18.3. The third-order valence-corrected chi connectivity index (χ3v) is 6.16. The molecule has 1 unspecified atom stereocenters. The number of hydrogen-bond acceptors (Lipinski definition) is 4. The molecule has 1 aromatic carbocycles. The molecular weight excluding hydrogens is 427 g/mol. The summed E-state index contributed by atoms with van der Waals surface area (Å²) in [7, 11) is 0. The van der Waals surface area contributed by atoms with Crippen molar-refractivity contribution in [1.29, 1.82) is 0 Å². The van der Waals surface area contributed by atoms with Gasteiger partial charge in [0.25, 0.3) is 0 Å². The smallest absolute Gasteiger partial charge is 0.109 e. The van der Waals surface area contributed by atoms with Crippen LogP contribution in [-0.4, -0.2) is 10.4 Å². The number of halogens is 1. The van der Waals surface area contributed by atoms with Gasteiger partial charge in [0.2, 0.25) is 0 Å². The van der Waals surface area contributed by atoms with E-state index in [9.17, 15) is 0 Å². The maximum atomic E-state index is 5.85. The highest BCUT2D eigenvalue weighted by Gasteiger charge is 2.07. The first-order valence-corrected chi connectivity index (χ1v) is 10.6. The van der Waals surface area contributed by atoms with Gasteiger partial charge in [0.15, 0.2) is 0 Å². The summed E-state index contributed by atoms with van der Waals surface area (Å²) >= 11 is 5.83. The van der Waals surface area contributed by atoms with Crippen molar-refractivity contribution in [2.75, 3.05) is 6.26 Å². The fourth-order valence-electron chi connectivity index (χ4n) is 1.91. The predicted molar refractivity (Wildman–Crippen MR) is 104 cm³/mol. The van der Waals surface area contributed by atoms with E-state index in [1.807, 2.05) is 0 Å². The highest BCUT2D eigenvalue weighted by molar-refractivity contribution is 14.1. The van der Waals surface area contributed by atoms with Crippen LogP contribution in [0.2, 0.25) is 0 Å². The van der Waals surface area contributed by atoms with E-state index in [0.717, 1.165) is 6.42 Å². The summed E-state index contributed by atoms with van der Waals surface area (Å²) in [6.07, 6.45) is 3.12. The van der Waals surface area contributed by atoms with E-state index in [-0.39, 0.29) is 4.11 Å². The molecular formula is C17H21IO2S2. The second kappa shape index (κ2) is 9.93. The maximum Gasteiger partial charge on any atom is 0.109 e. The monoisotopic (exact) mass is 448 g/mol. The Bertz CT molecular complexity index is 554. The second-order valence-electron chi connectivity index (χ2n) is 4.84. The molecule has 0 aliphatic rings. The molecule has 1 aromatic heterocycles. The van der Waals surface area contributed by atoms with Crippen LogP contribution >= 0.6 is 45.7 Å². The van der Waals surface area contributed by atoms with Crippen LogP contribution in [0.15, 0.2) is 40.6 Å². The Morgan fingerprint density at radius 1 is 1.14 bits per heavy atom. The standard InChI is InChI=1S/C17H21IO2S2/c1-3-17(18)20-12-16-14(8-9-22-16)11-19-10-13-4-6-15(21-2)7-5-13/h4-9,17H,3,10-12H2,1-2H3. The van der Waals surface area contributed by atoms with Gasteiger partial charge >= 0.3 is 0 Å². The number of benzene rings is 1. The summed E-state index contributed by atoms with van der Waals surface area (Å²) in [6.45, 7) is 4.11. The molecule has 22 heavy (non-hydrogen) atoms. The number of thioether (sulfide) groups is 1. The fraction of sp³-hybridized carbons (Fsp3) is 0.412. The van der Waals surface area contributed by atoms with E-state index >= 15 is 0 Å². The molecule has 2 rings (SSSR count). The van der Waals surface area contributed by atoms with E-state index < -0.39 is 0 Å². The maximum absolute atomic E-state index is 5.85. The van der Waals surface area contributed by atoms with E-state index in [1.54, 1.807) is 23.1 Å². The van der Waals surface area contributed by atoms with Crippen molar-refractivity contribution in [3.63, 3.8) is 0 Å². The molecule has 2 nitrogen and oxygen atoms in total. The van der Waals surface area contributed by atoms with Gasteiger partial charge in [0, 0.05) is 9.77 Å². The van der Waals surface area contributed by atoms with Gasteiger partial charge in [0.1, 0.15) is 4.11 Å². The van der Waals surface area contributed by atoms with Gasteiger partial charge in [-0.2, -0.15) is 0 Å². The lowest BCUT2D eigenvalue weighted by Gasteiger charge is -2.10. The van der Waals surface area contributed by atoms with Gasteiger partial charge in [-0.25, -0.2) is 0 Å². The van der Waals surface area contributed by atoms with Crippen molar-refractivity contribution >= 4 is 45.7 Å². The first-order valence-electron chi connectivity index (χ1n) is 7.24. The Hall–Kier alpha value is -0.0800. The largest absolute Gasteiger partial charge is 0.372 e. The fourth-order valence-corrected chi connectivity index (χ4v) is 3.31. The summed E-state index contributed by atoms with van der Waals surface area (Å²) in [5.74, 6) is 0. The van der Waals surface area contributed by atoms with E-state index in [2.05, 4.69) is 71.5 Å². The molecule has 1 atom stereocenters. The third-order valence-electron chi connectivity index (χ3n) is 3.24. The van der Waals surface area contributed by atoms with Crippen LogP contribution in [-0.2, 0) is 29.3 Å². The lowest BCUT2D eigenvalue weighted by Crippen LogP contribution is -2.03. The number of thiophene rings is 1. The SMILES string of the molecule is CCC(I)OCc1sccc1COCc1ccc(SC)cc1. The van der Waals surface area contributed by atoms with Gasteiger partial charge < -0.3 is 9.47 Å². The molecule has 0 aliphatic carbocycles. The van der Waals surface area contributed by atoms with Crippen LogP contribution in [0.25, 0.3) is 0 Å². The molecule has 0 saturated heterocycles. The Labute approximate surface area is 154 Å². The molecule has 0 bridgehead atoms. The zero-order valence-corrected chi connectivity index (χ0v) is 16.7. The minimum Gasteiger partial charge on any atom is -0.372 e. The summed E-state index contributed by atoms with van der Waals surface area (Å²) in [5, 5.41) is 2.11. The summed E-state index contributed by atoms with van der Waals surface area (Å²) < 4.78 is 11.9. The van der Waals surface area contributed by atoms with Crippen molar-refractivity contribution in [1.82, 2.24) is 0 Å². The molecule has 0 N–H and O–H groups in total. The first-order chi connectivity index (χ1) is 10.7. The molecule has 0 amide bonds. The van der Waals surface area contributed by atoms with E-state index in [1.165, 1.54) is 20.9 Å². The normalized spacial score (nSPS) is 12.5. The molecule has 0 spiro atoms. The van der Waals surface area contributed by atoms with Crippen molar-refractivity contribution < 1.29 is 9.47 Å². The van der Waals surface area contributed by atoms with Gasteiger partial charge in [-0.15, -0.1) is 23.1 Å². The molecule has 2 aromatic rings. The Morgan fingerprint density at radius 2 is 1.91 bits per heavy atom. The van der Waals surface area contributed by atoms with Gasteiger partial charge in [0.05, 0.1) is 19.8 Å². The van der Waals surface area contributed by atoms with Crippen LogP contribution in [0.5, 0.6) is 0 Å². The van der Waals surface area contributed by atoms with Crippen LogP contribution in [0.1, 0.15) is 29.3 Å². The minimum absolute atomic E-state index is 0.281. The topological polar surface area (TPSA) is 18.5 Å². The highest BCUT2D eigenvalue weighted by atomic mass is 127. The average molecular weight is 448 g/mol. The molecule has 120 valence electrons. The Balaban J connectivity index is 1.80. The second-order valence-corrected chi connectivity index (χ2v) is 8.11. The highest BCUT2D eigenvalue weighted by Crippen LogP contribution is 2.22. The van der Waals surface area contributed by atoms with Crippen LogP contribution in [0.4, 0.5) is 0 Å². The zero-order chi connectivity index (χ0) is 15.8. The Kier molecular flexibility index (Phi) is 8.24. The van der Waals surface area contributed by atoms with Crippen molar-refractivity contribution in [2.45, 2.75) is 42.2 Å². The van der Waals surface area contributed by atoms with Gasteiger partial charge in [-0.05, 0) is 47.4 Å². The molecule has 0 radical (unpaired) electrons. The molecule has 1 heterocycles. The van der Waals surface area contributed by atoms with Crippen molar-refractivity contribution in [3.05, 3.63) is 51.7 Å². The summed E-state index contributed by atoms with van der Waals surface area (Å²) in [5.41, 5.74) is 2.45. The number of hydrogen-bond donors (Lipinski definition) is 0. The van der Waals surface area contributed by atoms with Crippen molar-refractivity contribution in [3.8, 4) is 0 Å². The van der Waals surface area contributed by atoms with Gasteiger partial charge in [-0.3, -0.25) is 0 Å². The minimum atomic E-state index is 0.281. The Morgan fingerprint density at radius 3 is 2.59 bits per heavy atom. The quantitative estimate of drug-likeness (QED) is 0.271. The van der Waals surface area contributed by atoms with E-state index in [0.29, 0.717) is 19.8 Å². The summed E-state index contributed by atoms with van der Waals surface area (Å²) in [6, 6.07) is 10.7. The predicted octanol–water partition coefficient (Wildman–Crippen LogP) is 5.87. The number of alkyl halides is 1. The van der Waals surface area contributed by atoms with Crippen molar-refractivity contribution in [2.24, 2.45) is 0 Å². The molecule has 0 aliphatic heterocycles. The number of rotatable bonds is 9. The molecule has 5 heteroatoms. The van der Waals surface area contributed by atoms with Crippen LogP contribution in [0, 0.1) is 0 Å². The number of ether oxygens (including phenoxy) is 2. The van der Waals surface area contributed by atoms with Gasteiger partial charge in [-0.1, -0.05) is 41.6 Å². The molecule has 0 fully saturated rings. The van der Waals surface area contributed by atoms with Crippen LogP contribution in [0.3, 0.4) is 0 Å². The zero-order valence-electron chi connectivity index (χ0n) is 12.9.